The number of carbonyl (C=O) groups excluding carboxylic acids is 1. The molecule has 4 aromatic rings. The Morgan fingerprint density at radius 1 is 1.22 bits per heavy atom. The minimum absolute atomic E-state index is 0.250. The molecule has 0 amide bonds. The minimum atomic E-state index is -1.00. The number of hydrogen-bond acceptors (Lipinski definition) is 6. The fourth-order valence-electron chi connectivity index (χ4n) is 4.73. The number of nitrogens with one attached hydrogen (secondary N) is 2. The van der Waals surface area contributed by atoms with Crippen LogP contribution in [0, 0.1) is 0 Å². The highest BCUT2D eigenvalue weighted by molar-refractivity contribution is 6.37. The van der Waals surface area contributed by atoms with Crippen molar-refractivity contribution < 1.29 is 14.3 Å². The first kappa shape index (κ1) is 24.1. The Hall–Kier alpha value is -3.62. The van der Waals surface area contributed by atoms with Gasteiger partial charge < -0.3 is 24.2 Å². The van der Waals surface area contributed by atoms with E-state index in [9.17, 15) is 9.59 Å². The van der Waals surface area contributed by atoms with E-state index in [1.807, 2.05) is 51.1 Å². The van der Waals surface area contributed by atoms with Crippen LogP contribution in [0.1, 0.15) is 32.6 Å². The number of nitrogens with zero attached hydrogens (tertiary/aromatic N) is 2. The predicted octanol–water partition coefficient (Wildman–Crippen LogP) is 5.11. The van der Waals surface area contributed by atoms with Crippen molar-refractivity contribution in [3.63, 3.8) is 0 Å². The maximum absolute atomic E-state index is 13.8. The molecule has 0 radical (unpaired) electrons. The second-order valence-electron chi connectivity index (χ2n) is 9.70. The van der Waals surface area contributed by atoms with E-state index in [4.69, 9.17) is 21.1 Å². The average molecular weight is 507 g/mol. The van der Waals surface area contributed by atoms with Gasteiger partial charge in [-0.3, -0.25) is 9.89 Å². The summed E-state index contributed by atoms with van der Waals surface area (Å²) in [5, 5.41) is 11.8. The van der Waals surface area contributed by atoms with Gasteiger partial charge in [-0.2, -0.15) is 5.10 Å². The SMILES string of the molecule is Cn1c([C@H](C=O)OC(C)(C)C)c(-c2ccc3c(c2Cl)NCCO3)c2cccc(-c3cn[nH]c3)c2c1=O. The highest BCUT2D eigenvalue weighted by Crippen LogP contribution is 2.46. The van der Waals surface area contributed by atoms with Crippen molar-refractivity contribution in [3.05, 3.63) is 63.8 Å². The van der Waals surface area contributed by atoms with Crippen LogP contribution in [-0.2, 0) is 16.6 Å². The highest BCUT2D eigenvalue weighted by atomic mass is 35.5. The van der Waals surface area contributed by atoms with E-state index in [0.29, 0.717) is 57.2 Å². The summed E-state index contributed by atoms with van der Waals surface area (Å²) < 4.78 is 13.4. The van der Waals surface area contributed by atoms with E-state index >= 15 is 0 Å². The summed E-state index contributed by atoms with van der Waals surface area (Å²) in [5.41, 5.74) is 3.04. The van der Waals surface area contributed by atoms with Gasteiger partial charge in [0.05, 0.1) is 33.6 Å². The summed E-state index contributed by atoms with van der Waals surface area (Å²) in [7, 11) is 1.66. The van der Waals surface area contributed by atoms with E-state index in [1.54, 1.807) is 19.4 Å². The zero-order chi connectivity index (χ0) is 25.6. The lowest BCUT2D eigenvalue weighted by atomic mass is 9.91. The molecule has 0 saturated carbocycles. The van der Waals surface area contributed by atoms with Crippen LogP contribution < -0.4 is 15.6 Å². The molecule has 8 nitrogen and oxygen atoms in total. The lowest BCUT2D eigenvalue weighted by Gasteiger charge is -2.29. The maximum atomic E-state index is 13.8. The monoisotopic (exact) mass is 506 g/mol. The molecule has 0 fully saturated rings. The van der Waals surface area contributed by atoms with Gasteiger partial charge in [0, 0.05) is 36.5 Å². The third-order valence-electron chi connectivity index (χ3n) is 6.19. The Bertz CT molecular complexity index is 1520. The molecule has 2 aromatic heterocycles. The van der Waals surface area contributed by atoms with Gasteiger partial charge in [0.15, 0.2) is 12.4 Å². The van der Waals surface area contributed by atoms with E-state index in [0.717, 1.165) is 17.4 Å². The van der Waals surface area contributed by atoms with Gasteiger partial charge in [-0.25, -0.2) is 0 Å². The molecule has 0 aliphatic carbocycles. The highest BCUT2D eigenvalue weighted by Gasteiger charge is 2.30. The second kappa shape index (κ2) is 9.11. The maximum Gasteiger partial charge on any atom is 0.259 e. The smallest absolute Gasteiger partial charge is 0.259 e. The predicted molar refractivity (Wildman–Crippen MR) is 141 cm³/mol. The molecule has 3 heterocycles. The Kier molecular flexibility index (Phi) is 6.10. The molecule has 0 spiro atoms. The summed E-state index contributed by atoms with van der Waals surface area (Å²) in [4.78, 5) is 26.3. The van der Waals surface area contributed by atoms with Crippen LogP contribution in [-0.4, -0.2) is 39.8 Å². The fraction of sp³-hybridized carbons (Fsp3) is 0.296. The molecule has 1 atom stereocenters. The number of halogens is 1. The molecule has 1 aliphatic rings. The number of aldehydes is 1. The lowest BCUT2D eigenvalue weighted by Crippen LogP contribution is -2.30. The standard InChI is InChI=1S/C27H27ClN4O4/c1-27(2,3)36-20(14-33)25-21(18-8-9-19-24(23(18)28)29-10-11-35-19)17-7-5-6-16(15-12-30-31-13-15)22(17)26(34)32(25)4/h5-9,12-14,20,29H,10-11H2,1-4H3,(H,30,31)/t20-/m0/s1. The molecular formula is C27H27ClN4O4. The number of H-pyrrole nitrogens is 1. The number of anilines is 1. The molecule has 0 bridgehead atoms. The van der Waals surface area contributed by atoms with Gasteiger partial charge in [-0.1, -0.05) is 29.8 Å². The number of carbonyl (C=O) groups is 1. The molecular weight excluding hydrogens is 480 g/mol. The number of aromatic nitrogens is 3. The summed E-state index contributed by atoms with van der Waals surface area (Å²) in [6.45, 7) is 6.76. The third-order valence-corrected chi connectivity index (χ3v) is 6.58. The van der Waals surface area contributed by atoms with Crippen molar-refractivity contribution >= 4 is 34.3 Å². The first-order chi connectivity index (χ1) is 17.2. The second-order valence-corrected chi connectivity index (χ2v) is 10.1. The normalized spacial score (nSPS) is 14.1. The quantitative estimate of drug-likeness (QED) is 0.365. The zero-order valence-electron chi connectivity index (χ0n) is 20.5. The molecule has 0 saturated heterocycles. The number of aromatic amines is 1. The first-order valence-electron chi connectivity index (χ1n) is 11.7. The number of hydrogen-bond donors (Lipinski definition) is 2. The Morgan fingerprint density at radius 3 is 2.72 bits per heavy atom. The summed E-state index contributed by atoms with van der Waals surface area (Å²) in [5.74, 6) is 0.655. The lowest BCUT2D eigenvalue weighted by molar-refractivity contribution is -0.129. The van der Waals surface area contributed by atoms with E-state index in [2.05, 4.69) is 15.5 Å². The van der Waals surface area contributed by atoms with Crippen molar-refractivity contribution in [1.29, 1.82) is 0 Å². The fourth-order valence-corrected chi connectivity index (χ4v) is 5.05. The van der Waals surface area contributed by atoms with Crippen molar-refractivity contribution in [1.82, 2.24) is 14.8 Å². The van der Waals surface area contributed by atoms with Gasteiger partial charge in [-0.05, 0) is 43.9 Å². The number of ether oxygens (including phenoxy) is 2. The molecule has 36 heavy (non-hydrogen) atoms. The van der Waals surface area contributed by atoms with Crippen molar-refractivity contribution in [2.75, 3.05) is 18.5 Å². The minimum Gasteiger partial charge on any atom is -0.490 e. The van der Waals surface area contributed by atoms with E-state index < -0.39 is 11.7 Å². The Morgan fingerprint density at radius 2 is 2.03 bits per heavy atom. The van der Waals surface area contributed by atoms with E-state index in [-0.39, 0.29) is 5.56 Å². The van der Waals surface area contributed by atoms with Gasteiger partial charge in [0.2, 0.25) is 0 Å². The van der Waals surface area contributed by atoms with Crippen LogP contribution in [0.5, 0.6) is 5.75 Å². The van der Waals surface area contributed by atoms with Gasteiger partial charge in [-0.15, -0.1) is 0 Å². The van der Waals surface area contributed by atoms with Crippen molar-refractivity contribution in [2.24, 2.45) is 7.05 Å². The van der Waals surface area contributed by atoms with Crippen LogP contribution >= 0.6 is 11.6 Å². The van der Waals surface area contributed by atoms with Crippen molar-refractivity contribution in [3.8, 4) is 28.0 Å². The van der Waals surface area contributed by atoms with E-state index in [1.165, 1.54) is 4.57 Å². The van der Waals surface area contributed by atoms with Crippen LogP contribution in [0.4, 0.5) is 5.69 Å². The first-order valence-corrected chi connectivity index (χ1v) is 12.1. The summed E-state index contributed by atoms with van der Waals surface area (Å²) in [6.07, 6.45) is 3.14. The molecule has 5 rings (SSSR count). The van der Waals surface area contributed by atoms with Crippen LogP contribution in [0.2, 0.25) is 5.02 Å². The molecule has 2 aromatic carbocycles. The largest absolute Gasteiger partial charge is 0.490 e. The summed E-state index contributed by atoms with van der Waals surface area (Å²) in [6, 6.07) is 9.35. The summed E-state index contributed by atoms with van der Waals surface area (Å²) >= 11 is 6.97. The number of benzene rings is 2. The Labute approximate surface area is 213 Å². The van der Waals surface area contributed by atoms with Crippen LogP contribution in [0.25, 0.3) is 33.0 Å². The van der Waals surface area contributed by atoms with Crippen molar-refractivity contribution in [2.45, 2.75) is 32.5 Å². The Balaban J connectivity index is 1.92. The van der Waals surface area contributed by atoms with Crippen LogP contribution in [0.3, 0.4) is 0 Å². The third kappa shape index (κ3) is 4.06. The van der Waals surface area contributed by atoms with Gasteiger partial charge >= 0.3 is 0 Å². The number of fused-ring (bicyclic) bond motifs is 2. The molecule has 186 valence electrons. The van der Waals surface area contributed by atoms with Gasteiger partial charge in [0.1, 0.15) is 12.4 Å². The molecule has 0 unspecified atom stereocenters. The van der Waals surface area contributed by atoms with Gasteiger partial charge in [0.25, 0.3) is 5.56 Å². The topological polar surface area (TPSA) is 98.2 Å². The average Bonchev–Trinajstić information content (AvgIpc) is 3.39. The molecule has 9 heteroatoms. The number of pyridine rings is 1. The molecule has 1 aliphatic heterocycles. The van der Waals surface area contributed by atoms with Crippen LogP contribution in [0.15, 0.2) is 47.5 Å². The molecule has 2 N–H and O–H groups in total. The zero-order valence-corrected chi connectivity index (χ0v) is 21.3. The number of rotatable bonds is 5.